The summed E-state index contributed by atoms with van der Waals surface area (Å²) in [6.45, 7) is 10.1. The van der Waals surface area contributed by atoms with Crippen molar-refractivity contribution in [2.75, 3.05) is 32.7 Å². The minimum atomic E-state index is -0.511. The Labute approximate surface area is 186 Å². The van der Waals surface area contributed by atoms with Crippen LogP contribution in [0.4, 0.5) is 0 Å². The minimum absolute atomic E-state index is 0.0856. The Balaban J connectivity index is 1.24. The predicted molar refractivity (Wildman–Crippen MR) is 120 cm³/mol. The van der Waals surface area contributed by atoms with Gasteiger partial charge in [0.25, 0.3) is 0 Å². The van der Waals surface area contributed by atoms with E-state index in [1.54, 1.807) is 0 Å². The van der Waals surface area contributed by atoms with Crippen LogP contribution in [0.25, 0.3) is 0 Å². The maximum Gasteiger partial charge on any atom is 0.311 e. The first-order valence-corrected chi connectivity index (χ1v) is 12.0. The van der Waals surface area contributed by atoms with E-state index < -0.39 is 6.10 Å². The van der Waals surface area contributed by atoms with Gasteiger partial charge in [0.15, 0.2) is 0 Å². The van der Waals surface area contributed by atoms with Gasteiger partial charge >= 0.3 is 5.97 Å². The molecule has 1 aromatic carbocycles. The Morgan fingerprint density at radius 1 is 1.13 bits per heavy atom. The van der Waals surface area contributed by atoms with Crippen molar-refractivity contribution >= 4 is 5.97 Å². The van der Waals surface area contributed by atoms with E-state index in [1.165, 1.54) is 11.1 Å². The first-order valence-electron chi connectivity index (χ1n) is 12.0. The Morgan fingerprint density at radius 3 is 2.58 bits per heavy atom. The van der Waals surface area contributed by atoms with E-state index in [0.29, 0.717) is 12.5 Å². The van der Waals surface area contributed by atoms with Crippen molar-refractivity contribution in [2.24, 2.45) is 23.2 Å². The summed E-state index contributed by atoms with van der Waals surface area (Å²) in [6.07, 6.45) is 4.61. The van der Waals surface area contributed by atoms with Gasteiger partial charge in [0.1, 0.15) is 6.10 Å². The molecule has 2 heterocycles. The van der Waals surface area contributed by atoms with Crippen molar-refractivity contribution < 1.29 is 14.6 Å². The summed E-state index contributed by atoms with van der Waals surface area (Å²) in [5, 5.41) is 11.5. The number of fused-ring (bicyclic) bond motifs is 2. The highest BCUT2D eigenvalue weighted by Crippen LogP contribution is 2.56. The molecular weight excluding hydrogens is 388 g/mol. The molecule has 1 saturated carbocycles. The number of carbonyl (C=O) groups excluding carboxylic acids is 1. The Kier molecular flexibility index (Phi) is 5.70. The standard InChI is InChI=1S/C26H36N2O3/c1-18-7-6-10-20-15-22-23(24(29)26(18,20)2)21(25(30)31-22)17-28-13-11-27(12-14-28)16-19-8-4-3-5-9-19/h3-5,8-10,18,21-24,29H,6-7,11-17H2,1-2H3/t18-,21?,22+,23+,24-,26+/m0/s1. The molecule has 5 heteroatoms. The molecule has 1 aromatic rings. The summed E-state index contributed by atoms with van der Waals surface area (Å²) < 4.78 is 5.84. The van der Waals surface area contributed by atoms with Gasteiger partial charge in [-0.15, -0.1) is 0 Å². The highest BCUT2D eigenvalue weighted by molar-refractivity contribution is 5.76. The van der Waals surface area contributed by atoms with Gasteiger partial charge in [-0.3, -0.25) is 14.6 Å². The third-order valence-corrected chi connectivity index (χ3v) is 8.74. The van der Waals surface area contributed by atoms with E-state index in [1.807, 2.05) is 0 Å². The summed E-state index contributed by atoms with van der Waals surface area (Å²) in [6, 6.07) is 10.6. The van der Waals surface area contributed by atoms with Gasteiger partial charge in [-0.2, -0.15) is 0 Å². The third kappa shape index (κ3) is 3.75. The number of benzene rings is 1. The molecule has 0 radical (unpaired) electrons. The van der Waals surface area contributed by atoms with Crippen LogP contribution in [0.3, 0.4) is 0 Å². The Bertz CT molecular complexity index is 832. The summed E-state index contributed by atoms with van der Waals surface area (Å²) >= 11 is 0. The van der Waals surface area contributed by atoms with Crippen LogP contribution in [0.2, 0.25) is 0 Å². The Morgan fingerprint density at radius 2 is 1.84 bits per heavy atom. The molecule has 3 fully saturated rings. The summed E-state index contributed by atoms with van der Waals surface area (Å²) in [7, 11) is 0. The molecule has 6 atom stereocenters. The van der Waals surface area contributed by atoms with Crippen LogP contribution in [0, 0.1) is 23.2 Å². The molecular formula is C26H36N2O3. The molecule has 0 spiro atoms. The molecule has 168 valence electrons. The van der Waals surface area contributed by atoms with Crippen molar-refractivity contribution in [1.29, 1.82) is 0 Å². The SMILES string of the molecule is C[C@H]1CCC=C2C[C@H]3OC(=O)C(CN4CCN(Cc5ccccc5)CC4)[C@H]3[C@H](O)[C@@]21C. The molecule has 4 aliphatic rings. The van der Waals surface area contributed by atoms with Gasteiger partial charge in [0, 0.05) is 57.0 Å². The third-order valence-electron chi connectivity index (χ3n) is 8.74. The number of esters is 1. The van der Waals surface area contributed by atoms with E-state index in [-0.39, 0.29) is 29.3 Å². The van der Waals surface area contributed by atoms with Crippen LogP contribution >= 0.6 is 0 Å². The van der Waals surface area contributed by atoms with Crippen LogP contribution in [0.15, 0.2) is 42.0 Å². The molecule has 5 rings (SSSR count). The fourth-order valence-electron chi connectivity index (χ4n) is 6.52. The lowest BCUT2D eigenvalue weighted by Gasteiger charge is -2.52. The quantitative estimate of drug-likeness (QED) is 0.595. The Hall–Kier alpha value is -1.69. The number of nitrogens with zero attached hydrogens (tertiary/aromatic N) is 2. The lowest BCUT2D eigenvalue weighted by atomic mass is 9.55. The van der Waals surface area contributed by atoms with Gasteiger partial charge in [-0.1, -0.05) is 55.8 Å². The highest BCUT2D eigenvalue weighted by Gasteiger charge is 2.59. The lowest BCUT2D eigenvalue weighted by Crippen LogP contribution is -2.55. The molecule has 2 aliphatic carbocycles. The molecule has 1 unspecified atom stereocenters. The zero-order valence-corrected chi connectivity index (χ0v) is 18.9. The number of carbonyl (C=O) groups is 1. The maximum absolute atomic E-state index is 12.9. The summed E-state index contributed by atoms with van der Waals surface area (Å²) in [4.78, 5) is 17.8. The van der Waals surface area contributed by atoms with Crippen molar-refractivity contribution in [1.82, 2.24) is 9.80 Å². The number of ether oxygens (including phenoxy) is 1. The molecule has 5 nitrogen and oxygen atoms in total. The van der Waals surface area contributed by atoms with E-state index >= 15 is 0 Å². The highest BCUT2D eigenvalue weighted by atomic mass is 16.6. The van der Waals surface area contributed by atoms with E-state index in [0.717, 1.165) is 52.0 Å². The molecule has 0 amide bonds. The van der Waals surface area contributed by atoms with Crippen LogP contribution in [-0.4, -0.2) is 65.8 Å². The van der Waals surface area contributed by atoms with E-state index in [2.05, 4.69) is 60.1 Å². The van der Waals surface area contributed by atoms with Gasteiger partial charge in [0.2, 0.25) is 0 Å². The van der Waals surface area contributed by atoms with Gasteiger partial charge in [-0.05, 0) is 24.3 Å². The van der Waals surface area contributed by atoms with Crippen molar-refractivity contribution in [3.05, 3.63) is 47.5 Å². The average molecular weight is 425 g/mol. The second-order valence-electron chi connectivity index (χ2n) is 10.4. The molecule has 0 bridgehead atoms. The van der Waals surface area contributed by atoms with Crippen molar-refractivity contribution in [2.45, 2.75) is 51.9 Å². The zero-order valence-electron chi connectivity index (χ0n) is 18.9. The number of piperazine rings is 1. The van der Waals surface area contributed by atoms with E-state index in [4.69, 9.17) is 4.74 Å². The first kappa shape index (κ1) is 21.2. The van der Waals surface area contributed by atoms with Crippen LogP contribution in [0.1, 0.15) is 38.7 Å². The molecule has 2 aliphatic heterocycles. The monoisotopic (exact) mass is 424 g/mol. The maximum atomic E-state index is 12.9. The average Bonchev–Trinajstić information content (AvgIpc) is 3.07. The lowest BCUT2D eigenvalue weighted by molar-refractivity contribution is -0.145. The second kappa shape index (κ2) is 8.34. The summed E-state index contributed by atoms with van der Waals surface area (Å²) in [5.74, 6) is 0.0309. The number of rotatable bonds is 4. The zero-order chi connectivity index (χ0) is 21.6. The van der Waals surface area contributed by atoms with Crippen LogP contribution in [0.5, 0.6) is 0 Å². The fraction of sp³-hybridized carbons (Fsp3) is 0.654. The second-order valence-corrected chi connectivity index (χ2v) is 10.4. The summed E-state index contributed by atoms with van der Waals surface area (Å²) in [5.41, 5.74) is 2.44. The topological polar surface area (TPSA) is 53.0 Å². The van der Waals surface area contributed by atoms with Gasteiger partial charge in [0.05, 0.1) is 12.0 Å². The van der Waals surface area contributed by atoms with Crippen LogP contribution < -0.4 is 0 Å². The number of allylic oxidation sites excluding steroid dienone is 1. The van der Waals surface area contributed by atoms with Crippen LogP contribution in [-0.2, 0) is 16.1 Å². The first-order chi connectivity index (χ1) is 15.0. The number of hydrogen-bond donors (Lipinski definition) is 1. The normalized spacial score (nSPS) is 38.9. The largest absolute Gasteiger partial charge is 0.461 e. The molecule has 0 aromatic heterocycles. The number of aliphatic hydroxyl groups excluding tert-OH is 1. The smallest absolute Gasteiger partial charge is 0.311 e. The van der Waals surface area contributed by atoms with Crippen molar-refractivity contribution in [3.8, 4) is 0 Å². The molecule has 31 heavy (non-hydrogen) atoms. The number of hydrogen-bond acceptors (Lipinski definition) is 5. The molecule has 1 N–H and O–H groups in total. The molecule has 2 saturated heterocycles. The number of aliphatic hydroxyl groups is 1. The van der Waals surface area contributed by atoms with Crippen molar-refractivity contribution in [3.63, 3.8) is 0 Å². The fourth-order valence-corrected chi connectivity index (χ4v) is 6.52. The predicted octanol–water partition coefficient (Wildman–Crippen LogP) is 3.09. The van der Waals surface area contributed by atoms with Gasteiger partial charge < -0.3 is 9.84 Å². The minimum Gasteiger partial charge on any atom is -0.461 e. The van der Waals surface area contributed by atoms with E-state index in [9.17, 15) is 9.90 Å². The van der Waals surface area contributed by atoms with Gasteiger partial charge in [-0.25, -0.2) is 0 Å².